The standard InChI is InChI=1S/C20H22N2O4S/c1-12-8-4-5-9-14(12)17(23)21-18-15(20(25)26-3)13(2)16(27-18)19(24)22-10-6-7-11-22/h4-5,8-9H,6-7,10-11H2,1-3H3,(H,21,23). The number of benzene rings is 1. The summed E-state index contributed by atoms with van der Waals surface area (Å²) in [6.45, 7) is 5.00. The van der Waals surface area contributed by atoms with E-state index < -0.39 is 5.97 Å². The van der Waals surface area contributed by atoms with Crippen molar-refractivity contribution in [2.75, 3.05) is 25.5 Å². The van der Waals surface area contributed by atoms with Gasteiger partial charge in [-0.1, -0.05) is 18.2 Å². The molecular formula is C20H22N2O4S. The number of hydrogen-bond acceptors (Lipinski definition) is 5. The first kappa shape index (κ1) is 19.1. The first-order chi connectivity index (χ1) is 12.9. The van der Waals surface area contributed by atoms with Gasteiger partial charge in [-0.25, -0.2) is 4.79 Å². The third-order valence-electron chi connectivity index (χ3n) is 4.74. The maximum Gasteiger partial charge on any atom is 0.341 e. The Morgan fingerprint density at radius 1 is 1.11 bits per heavy atom. The molecular weight excluding hydrogens is 364 g/mol. The van der Waals surface area contributed by atoms with E-state index in [9.17, 15) is 14.4 Å². The van der Waals surface area contributed by atoms with Crippen molar-refractivity contribution in [1.82, 2.24) is 4.90 Å². The molecule has 2 heterocycles. The van der Waals surface area contributed by atoms with Gasteiger partial charge in [-0.05, 0) is 43.9 Å². The number of esters is 1. The second-order valence-corrected chi connectivity index (χ2v) is 7.54. The number of hydrogen-bond donors (Lipinski definition) is 1. The number of likely N-dealkylation sites (tertiary alicyclic amines) is 1. The van der Waals surface area contributed by atoms with E-state index in [2.05, 4.69) is 5.32 Å². The molecule has 27 heavy (non-hydrogen) atoms. The molecule has 0 spiro atoms. The quantitative estimate of drug-likeness (QED) is 0.814. The lowest BCUT2D eigenvalue weighted by Crippen LogP contribution is -2.27. The molecule has 1 saturated heterocycles. The van der Waals surface area contributed by atoms with Crippen LogP contribution in [0, 0.1) is 13.8 Å². The Bertz CT molecular complexity index is 897. The highest BCUT2D eigenvalue weighted by molar-refractivity contribution is 7.18. The Labute approximate surface area is 162 Å². The van der Waals surface area contributed by atoms with E-state index in [0.29, 0.717) is 34.1 Å². The van der Waals surface area contributed by atoms with Crippen LogP contribution in [0.5, 0.6) is 0 Å². The van der Waals surface area contributed by atoms with Gasteiger partial charge in [0.05, 0.1) is 17.6 Å². The van der Waals surface area contributed by atoms with E-state index in [1.54, 1.807) is 24.0 Å². The number of rotatable bonds is 4. The van der Waals surface area contributed by atoms with E-state index in [4.69, 9.17) is 4.74 Å². The van der Waals surface area contributed by atoms with Gasteiger partial charge in [0.1, 0.15) is 5.00 Å². The summed E-state index contributed by atoms with van der Waals surface area (Å²) in [6.07, 6.45) is 1.97. The Morgan fingerprint density at radius 2 is 1.78 bits per heavy atom. The van der Waals surface area contributed by atoms with Crippen LogP contribution in [0.2, 0.25) is 0 Å². The molecule has 1 aromatic carbocycles. The van der Waals surface area contributed by atoms with Gasteiger partial charge in [0, 0.05) is 18.7 Å². The summed E-state index contributed by atoms with van der Waals surface area (Å²) < 4.78 is 4.88. The van der Waals surface area contributed by atoms with Crippen LogP contribution in [-0.2, 0) is 4.74 Å². The molecule has 1 aromatic heterocycles. The average molecular weight is 386 g/mol. The Balaban J connectivity index is 1.97. The van der Waals surface area contributed by atoms with Gasteiger partial charge in [-0.15, -0.1) is 11.3 Å². The molecule has 0 bridgehead atoms. The normalized spacial score (nSPS) is 13.5. The van der Waals surface area contributed by atoms with E-state index in [0.717, 1.165) is 29.7 Å². The minimum Gasteiger partial charge on any atom is -0.465 e. The van der Waals surface area contributed by atoms with Crippen LogP contribution < -0.4 is 5.32 Å². The highest BCUT2D eigenvalue weighted by Crippen LogP contribution is 2.35. The van der Waals surface area contributed by atoms with Crippen LogP contribution in [0.15, 0.2) is 24.3 Å². The summed E-state index contributed by atoms with van der Waals surface area (Å²) in [5, 5.41) is 3.14. The molecule has 1 aliphatic heterocycles. The molecule has 0 unspecified atom stereocenters. The number of thiophene rings is 1. The van der Waals surface area contributed by atoms with Gasteiger partial charge >= 0.3 is 5.97 Å². The third-order valence-corrected chi connectivity index (χ3v) is 5.94. The van der Waals surface area contributed by atoms with E-state index in [1.165, 1.54) is 7.11 Å². The first-order valence-electron chi connectivity index (χ1n) is 8.82. The molecule has 6 nitrogen and oxygen atoms in total. The predicted octanol–water partition coefficient (Wildman–Crippen LogP) is 3.64. The molecule has 2 aromatic rings. The van der Waals surface area contributed by atoms with Gasteiger partial charge in [-0.2, -0.15) is 0 Å². The number of carbonyl (C=O) groups is 3. The molecule has 1 fully saturated rings. The topological polar surface area (TPSA) is 75.7 Å². The van der Waals surface area contributed by atoms with Crippen LogP contribution in [0.4, 0.5) is 5.00 Å². The monoisotopic (exact) mass is 386 g/mol. The molecule has 3 rings (SSSR count). The summed E-state index contributed by atoms with van der Waals surface area (Å²) >= 11 is 1.13. The second kappa shape index (κ2) is 7.92. The lowest BCUT2D eigenvalue weighted by atomic mass is 10.1. The van der Waals surface area contributed by atoms with Crippen molar-refractivity contribution in [3.8, 4) is 0 Å². The molecule has 1 N–H and O–H groups in total. The number of aryl methyl sites for hydroxylation is 1. The highest BCUT2D eigenvalue weighted by atomic mass is 32.1. The molecule has 1 aliphatic rings. The number of anilines is 1. The average Bonchev–Trinajstić information content (AvgIpc) is 3.29. The SMILES string of the molecule is COC(=O)c1c(NC(=O)c2ccccc2C)sc(C(=O)N2CCCC2)c1C. The van der Waals surface area contributed by atoms with Crippen LogP contribution in [0.25, 0.3) is 0 Å². The lowest BCUT2D eigenvalue weighted by molar-refractivity contribution is 0.0601. The Kier molecular flexibility index (Phi) is 5.60. The molecule has 0 radical (unpaired) electrons. The van der Waals surface area contributed by atoms with Crippen molar-refractivity contribution in [3.63, 3.8) is 0 Å². The van der Waals surface area contributed by atoms with Crippen molar-refractivity contribution >= 4 is 34.1 Å². The largest absolute Gasteiger partial charge is 0.465 e. The number of nitrogens with zero attached hydrogens (tertiary/aromatic N) is 1. The summed E-state index contributed by atoms with van der Waals surface area (Å²) in [4.78, 5) is 40.1. The van der Waals surface area contributed by atoms with Crippen molar-refractivity contribution in [1.29, 1.82) is 0 Å². The van der Waals surface area contributed by atoms with Crippen LogP contribution >= 0.6 is 11.3 Å². The fourth-order valence-corrected chi connectivity index (χ4v) is 4.37. The number of ether oxygens (including phenoxy) is 1. The number of amides is 2. The molecule has 7 heteroatoms. The number of nitrogens with one attached hydrogen (secondary N) is 1. The Hall–Kier alpha value is -2.67. The van der Waals surface area contributed by atoms with Gasteiger partial charge in [-0.3, -0.25) is 9.59 Å². The van der Waals surface area contributed by atoms with E-state index >= 15 is 0 Å². The second-order valence-electron chi connectivity index (χ2n) is 6.52. The summed E-state index contributed by atoms with van der Waals surface area (Å²) in [5.41, 5.74) is 2.14. The third kappa shape index (κ3) is 3.73. The Morgan fingerprint density at radius 3 is 2.41 bits per heavy atom. The van der Waals surface area contributed by atoms with Gasteiger partial charge in [0.25, 0.3) is 11.8 Å². The minimum absolute atomic E-state index is 0.100. The van der Waals surface area contributed by atoms with E-state index in [1.807, 2.05) is 19.1 Å². The maximum absolute atomic E-state index is 12.8. The van der Waals surface area contributed by atoms with Gasteiger partial charge < -0.3 is 15.0 Å². The van der Waals surface area contributed by atoms with Gasteiger partial charge in [0.2, 0.25) is 0 Å². The lowest BCUT2D eigenvalue weighted by Gasteiger charge is -2.14. The zero-order valence-corrected chi connectivity index (χ0v) is 16.4. The van der Waals surface area contributed by atoms with Crippen LogP contribution in [0.1, 0.15) is 54.4 Å². The molecule has 0 saturated carbocycles. The zero-order chi connectivity index (χ0) is 19.6. The predicted molar refractivity (Wildman–Crippen MR) is 105 cm³/mol. The van der Waals surface area contributed by atoms with Crippen molar-refractivity contribution in [2.45, 2.75) is 26.7 Å². The van der Waals surface area contributed by atoms with Crippen molar-refractivity contribution in [3.05, 3.63) is 51.4 Å². The number of carbonyl (C=O) groups excluding carboxylic acids is 3. The zero-order valence-electron chi connectivity index (χ0n) is 15.6. The van der Waals surface area contributed by atoms with Gasteiger partial charge in [0.15, 0.2) is 0 Å². The summed E-state index contributed by atoms with van der Waals surface area (Å²) in [7, 11) is 1.29. The maximum atomic E-state index is 12.8. The van der Waals surface area contributed by atoms with Crippen LogP contribution in [-0.4, -0.2) is 42.9 Å². The fraction of sp³-hybridized carbons (Fsp3) is 0.350. The summed E-state index contributed by atoms with van der Waals surface area (Å²) in [5.74, 6) is -0.986. The smallest absolute Gasteiger partial charge is 0.341 e. The summed E-state index contributed by atoms with van der Waals surface area (Å²) in [6, 6.07) is 7.20. The number of methoxy groups -OCH3 is 1. The minimum atomic E-state index is -0.565. The fourth-order valence-electron chi connectivity index (χ4n) is 3.22. The molecule has 142 valence electrons. The van der Waals surface area contributed by atoms with Crippen LogP contribution in [0.3, 0.4) is 0 Å². The molecule has 0 aliphatic carbocycles. The van der Waals surface area contributed by atoms with E-state index in [-0.39, 0.29) is 17.4 Å². The van der Waals surface area contributed by atoms with Crippen molar-refractivity contribution < 1.29 is 19.1 Å². The molecule has 2 amide bonds. The molecule has 0 atom stereocenters. The highest BCUT2D eigenvalue weighted by Gasteiger charge is 2.29. The van der Waals surface area contributed by atoms with Crippen molar-refractivity contribution in [2.24, 2.45) is 0 Å². The first-order valence-corrected chi connectivity index (χ1v) is 9.63.